The van der Waals surface area contributed by atoms with Crippen LogP contribution in [0.3, 0.4) is 0 Å². The van der Waals surface area contributed by atoms with Gasteiger partial charge >= 0.3 is 5.97 Å². The highest BCUT2D eigenvalue weighted by molar-refractivity contribution is 5.66. The second-order valence-electron chi connectivity index (χ2n) is 1.35. The summed E-state index contributed by atoms with van der Waals surface area (Å²) in [6.07, 6.45) is 4.98. The lowest BCUT2D eigenvalue weighted by Gasteiger charge is -1.83. The quantitative estimate of drug-likeness (QED) is 0.377. The summed E-state index contributed by atoms with van der Waals surface area (Å²) in [5.74, 6) is -0.329. The fourth-order valence-electron chi connectivity index (χ4n) is 0.178. The molecule has 0 aromatic heterocycles. The molecule has 0 aromatic carbocycles. The van der Waals surface area contributed by atoms with Gasteiger partial charge in [-0.3, -0.25) is 4.79 Å². The van der Waals surface area contributed by atoms with Gasteiger partial charge in [0.2, 0.25) is 0 Å². The molecule has 0 rings (SSSR count). The number of rotatable bonds is 2. The smallest absolute Gasteiger partial charge is 0.307 e. The summed E-state index contributed by atoms with van der Waals surface area (Å²) in [5, 5.41) is 7.81. The van der Waals surface area contributed by atoms with E-state index in [1.54, 1.807) is 0 Å². The Morgan fingerprint density at radius 2 is 2.09 bits per heavy atom. The lowest BCUT2D eigenvalue weighted by Crippen LogP contribution is -1.87. The average Bonchev–Trinajstić information content (AvgIpc) is 1.90. The van der Waals surface area contributed by atoms with E-state index in [1.807, 2.05) is 0 Å². The lowest BCUT2D eigenvalue weighted by molar-refractivity contribution is -0.135. The number of ether oxygens (including phenoxy) is 1. The van der Waals surface area contributed by atoms with Crippen molar-refractivity contribution < 1.29 is 14.6 Å². The Kier molecular flexibility index (Phi) is 12.5. The first-order valence-electron chi connectivity index (χ1n) is 2.89. The third-order valence-electron chi connectivity index (χ3n) is 0.471. The molecular formula is C8H12O3. The van der Waals surface area contributed by atoms with Gasteiger partial charge in [-0.05, 0) is 6.08 Å². The van der Waals surface area contributed by atoms with Gasteiger partial charge in [-0.2, -0.15) is 0 Å². The molecule has 0 atom stereocenters. The van der Waals surface area contributed by atoms with Crippen LogP contribution in [0.1, 0.15) is 6.92 Å². The number of carbonyl (C=O) groups excluding carboxylic acids is 1. The summed E-state index contributed by atoms with van der Waals surface area (Å²) in [6.45, 7) is 7.78. The third-order valence-corrected chi connectivity index (χ3v) is 0.471. The lowest BCUT2D eigenvalue weighted by atomic mass is 10.6. The van der Waals surface area contributed by atoms with Crippen molar-refractivity contribution in [2.24, 2.45) is 0 Å². The van der Waals surface area contributed by atoms with Crippen molar-refractivity contribution in [3.05, 3.63) is 37.8 Å². The molecular weight excluding hydrogens is 144 g/mol. The molecule has 0 spiro atoms. The van der Waals surface area contributed by atoms with E-state index in [9.17, 15) is 4.79 Å². The van der Waals surface area contributed by atoms with Crippen LogP contribution < -0.4 is 0 Å². The Bertz CT molecular complexity index is 147. The van der Waals surface area contributed by atoms with Gasteiger partial charge in [0.1, 0.15) is 0 Å². The first kappa shape index (κ1) is 12.2. The van der Waals surface area contributed by atoms with E-state index in [1.165, 1.54) is 19.1 Å². The fraction of sp³-hybridized carbons (Fsp3) is 0.125. The summed E-state index contributed by atoms with van der Waals surface area (Å²) < 4.78 is 4.17. The minimum atomic E-state index is -0.329. The van der Waals surface area contributed by atoms with Gasteiger partial charge in [-0.15, -0.1) is 0 Å². The van der Waals surface area contributed by atoms with Gasteiger partial charge in [0.15, 0.2) is 0 Å². The minimum absolute atomic E-state index is 0.329. The molecule has 0 fully saturated rings. The van der Waals surface area contributed by atoms with E-state index in [0.29, 0.717) is 0 Å². The number of allylic oxidation sites excluding steroid dienone is 2. The van der Waals surface area contributed by atoms with Crippen molar-refractivity contribution in [2.75, 3.05) is 0 Å². The number of aliphatic hydroxyl groups is 1. The number of aliphatic hydroxyl groups excluding tert-OH is 1. The van der Waals surface area contributed by atoms with E-state index >= 15 is 0 Å². The van der Waals surface area contributed by atoms with Gasteiger partial charge in [0, 0.05) is 6.92 Å². The zero-order valence-corrected chi connectivity index (χ0v) is 6.49. The highest BCUT2D eigenvalue weighted by Crippen LogP contribution is 1.70. The van der Waals surface area contributed by atoms with Crippen LogP contribution in [0, 0.1) is 0 Å². The topological polar surface area (TPSA) is 46.5 Å². The molecule has 62 valence electrons. The van der Waals surface area contributed by atoms with Crippen LogP contribution in [0.25, 0.3) is 0 Å². The predicted molar refractivity (Wildman–Crippen MR) is 43.9 cm³/mol. The van der Waals surface area contributed by atoms with Crippen molar-refractivity contribution in [3.8, 4) is 0 Å². The van der Waals surface area contributed by atoms with E-state index in [-0.39, 0.29) is 5.97 Å². The summed E-state index contributed by atoms with van der Waals surface area (Å²) in [7, 11) is 0. The Labute approximate surface area is 66.3 Å². The number of carbonyl (C=O) groups is 1. The van der Waals surface area contributed by atoms with Crippen LogP contribution in [0.15, 0.2) is 37.8 Å². The standard InChI is InChI=1S/C4H6O2.C4H6O/c1-3-6-4(2)5;1-2-3-4-5/h3H,1H2,2H3;2-5H,1H2. The zero-order chi connectivity index (χ0) is 9.11. The van der Waals surface area contributed by atoms with Gasteiger partial charge in [0.25, 0.3) is 0 Å². The molecule has 0 amide bonds. The summed E-state index contributed by atoms with van der Waals surface area (Å²) in [6, 6.07) is 0. The first-order chi connectivity index (χ1) is 5.18. The van der Waals surface area contributed by atoms with Crippen LogP contribution in [0.5, 0.6) is 0 Å². The summed E-state index contributed by atoms with van der Waals surface area (Å²) in [4.78, 5) is 9.75. The molecule has 0 aliphatic rings. The molecule has 0 radical (unpaired) electrons. The van der Waals surface area contributed by atoms with Gasteiger partial charge < -0.3 is 9.84 Å². The molecule has 11 heavy (non-hydrogen) atoms. The highest BCUT2D eigenvalue weighted by Gasteiger charge is 1.79. The maximum Gasteiger partial charge on any atom is 0.307 e. The number of hydrogen-bond donors (Lipinski definition) is 1. The van der Waals surface area contributed by atoms with Crippen LogP contribution >= 0.6 is 0 Å². The molecule has 0 aliphatic carbocycles. The van der Waals surface area contributed by atoms with Crippen molar-refractivity contribution in [2.45, 2.75) is 6.92 Å². The molecule has 3 nitrogen and oxygen atoms in total. The number of esters is 1. The van der Waals surface area contributed by atoms with Crippen molar-refractivity contribution >= 4 is 5.97 Å². The van der Waals surface area contributed by atoms with E-state index < -0.39 is 0 Å². The molecule has 0 saturated carbocycles. The third kappa shape index (κ3) is 29.4. The molecule has 0 aromatic rings. The second kappa shape index (κ2) is 11.3. The minimum Gasteiger partial charge on any atom is -0.516 e. The normalized spacial score (nSPS) is 7.73. The molecule has 0 aliphatic heterocycles. The molecule has 1 N–H and O–H groups in total. The zero-order valence-electron chi connectivity index (χ0n) is 6.49. The van der Waals surface area contributed by atoms with Crippen LogP contribution in [-0.4, -0.2) is 11.1 Å². The van der Waals surface area contributed by atoms with Crippen molar-refractivity contribution in [3.63, 3.8) is 0 Å². The first-order valence-corrected chi connectivity index (χ1v) is 2.89. The molecule has 0 heterocycles. The Balaban J connectivity index is 0. The second-order valence-corrected chi connectivity index (χ2v) is 1.35. The average molecular weight is 156 g/mol. The Hall–Kier alpha value is -1.51. The maximum atomic E-state index is 9.75. The predicted octanol–water partition coefficient (Wildman–Crippen LogP) is 1.94. The fourth-order valence-corrected chi connectivity index (χ4v) is 0.178. The van der Waals surface area contributed by atoms with Gasteiger partial charge in [0.05, 0.1) is 12.5 Å². The van der Waals surface area contributed by atoms with Crippen LogP contribution in [0.2, 0.25) is 0 Å². The van der Waals surface area contributed by atoms with Gasteiger partial charge in [-0.25, -0.2) is 0 Å². The van der Waals surface area contributed by atoms with Crippen LogP contribution in [0.4, 0.5) is 0 Å². The molecule has 0 saturated heterocycles. The van der Waals surface area contributed by atoms with Crippen molar-refractivity contribution in [1.82, 2.24) is 0 Å². The maximum absolute atomic E-state index is 9.75. The molecule has 0 bridgehead atoms. The summed E-state index contributed by atoms with van der Waals surface area (Å²) >= 11 is 0. The number of hydrogen-bond acceptors (Lipinski definition) is 3. The van der Waals surface area contributed by atoms with Crippen LogP contribution in [-0.2, 0) is 9.53 Å². The molecule has 0 unspecified atom stereocenters. The SMILES string of the molecule is C=CC=CO.C=COC(C)=O. The van der Waals surface area contributed by atoms with Gasteiger partial charge in [-0.1, -0.05) is 19.2 Å². The Morgan fingerprint density at radius 3 is 2.09 bits per heavy atom. The highest BCUT2D eigenvalue weighted by atomic mass is 16.5. The summed E-state index contributed by atoms with van der Waals surface area (Å²) in [5.41, 5.74) is 0. The van der Waals surface area contributed by atoms with E-state index in [0.717, 1.165) is 12.5 Å². The molecule has 3 heteroatoms. The van der Waals surface area contributed by atoms with Crippen molar-refractivity contribution in [1.29, 1.82) is 0 Å². The monoisotopic (exact) mass is 156 g/mol. The Morgan fingerprint density at radius 1 is 1.55 bits per heavy atom. The van der Waals surface area contributed by atoms with E-state index in [2.05, 4.69) is 17.9 Å². The van der Waals surface area contributed by atoms with E-state index in [4.69, 9.17) is 5.11 Å². The largest absolute Gasteiger partial charge is 0.516 e.